The molecular weight excluding hydrogens is 341 g/mol. The quantitative estimate of drug-likeness (QED) is 0.649. The van der Waals surface area contributed by atoms with E-state index in [0.29, 0.717) is 16.7 Å². The Morgan fingerprint density at radius 2 is 2.13 bits per heavy atom. The van der Waals surface area contributed by atoms with Crippen molar-refractivity contribution in [1.29, 1.82) is 0 Å². The number of amides is 1. The number of rotatable bonds is 4. The van der Waals surface area contributed by atoms with E-state index in [0.717, 1.165) is 11.8 Å². The molecule has 0 aliphatic carbocycles. The first kappa shape index (κ1) is 17.6. The first-order valence-corrected chi connectivity index (χ1v) is 8.13. The van der Waals surface area contributed by atoms with E-state index in [2.05, 4.69) is 15.5 Å². The van der Waals surface area contributed by atoms with Gasteiger partial charge in [-0.05, 0) is 18.2 Å². The number of benzene rings is 1. The first-order chi connectivity index (χ1) is 10.7. The van der Waals surface area contributed by atoms with E-state index in [4.69, 9.17) is 17.4 Å². The molecule has 6 nitrogen and oxygen atoms in total. The van der Waals surface area contributed by atoms with Crippen LogP contribution in [0.5, 0.6) is 0 Å². The monoisotopic (exact) mass is 357 g/mol. The van der Waals surface area contributed by atoms with Gasteiger partial charge >= 0.3 is 0 Å². The second kappa shape index (κ2) is 6.76. The number of hydrogen-bond acceptors (Lipinski definition) is 5. The van der Waals surface area contributed by atoms with Crippen molar-refractivity contribution in [1.82, 2.24) is 14.9 Å². The first-order valence-electron chi connectivity index (χ1n) is 6.77. The Labute approximate surface area is 142 Å². The second-order valence-electron chi connectivity index (χ2n) is 5.89. The number of carbonyl (C=O) groups is 1. The van der Waals surface area contributed by atoms with Gasteiger partial charge in [-0.25, -0.2) is 9.07 Å². The molecule has 1 amide bonds. The van der Waals surface area contributed by atoms with Gasteiger partial charge in [-0.1, -0.05) is 44.1 Å². The lowest BCUT2D eigenvalue weighted by Gasteiger charge is -2.16. The van der Waals surface area contributed by atoms with Crippen molar-refractivity contribution in [2.75, 3.05) is 16.9 Å². The van der Waals surface area contributed by atoms with Gasteiger partial charge in [0.1, 0.15) is 5.82 Å². The molecule has 2 aromatic rings. The Morgan fingerprint density at radius 1 is 1.43 bits per heavy atom. The third kappa shape index (κ3) is 4.35. The summed E-state index contributed by atoms with van der Waals surface area (Å²) in [5, 5.41) is 11.1. The van der Waals surface area contributed by atoms with Crippen LogP contribution in [0.1, 0.15) is 26.6 Å². The molecule has 3 N–H and O–H groups in total. The van der Waals surface area contributed by atoms with Gasteiger partial charge in [-0.2, -0.15) is 0 Å². The Morgan fingerprint density at radius 3 is 2.70 bits per heavy atom. The number of hydrogen-bond donors (Lipinski definition) is 2. The minimum absolute atomic E-state index is 0.0491. The van der Waals surface area contributed by atoms with Gasteiger partial charge in [-0.15, -0.1) is 10.2 Å². The maximum Gasteiger partial charge on any atom is 0.234 e. The largest absolute Gasteiger partial charge is 0.336 e. The van der Waals surface area contributed by atoms with Crippen LogP contribution in [0, 0.1) is 5.82 Å². The number of nitrogens with zero attached hydrogens (tertiary/aromatic N) is 3. The molecule has 0 atom stereocenters. The van der Waals surface area contributed by atoms with E-state index in [1.54, 1.807) is 0 Å². The van der Waals surface area contributed by atoms with Crippen LogP contribution in [0.15, 0.2) is 23.4 Å². The molecule has 1 aromatic heterocycles. The van der Waals surface area contributed by atoms with Crippen molar-refractivity contribution in [3.8, 4) is 0 Å². The molecule has 0 aliphatic rings. The molecule has 1 heterocycles. The standard InChI is InChI=1S/C14H17ClFN5OS/c1-14(2,3)12-19-20-13(21(12)17)23-7-11(22)18-8-4-5-10(16)9(15)6-8/h4-6H,7,17H2,1-3H3,(H,18,22). The number of anilines is 1. The normalized spacial score (nSPS) is 11.5. The van der Waals surface area contributed by atoms with Crippen LogP contribution in [-0.2, 0) is 10.2 Å². The SMILES string of the molecule is CC(C)(C)c1nnc(SCC(=O)Nc2ccc(F)c(Cl)c2)n1N. The van der Waals surface area contributed by atoms with E-state index >= 15 is 0 Å². The number of aromatic nitrogens is 3. The molecule has 0 saturated carbocycles. The summed E-state index contributed by atoms with van der Waals surface area (Å²) in [4.78, 5) is 11.9. The van der Waals surface area contributed by atoms with Crippen LogP contribution in [-0.4, -0.2) is 26.5 Å². The molecule has 9 heteroatoms. The van der Waals surface area contributed by atoms with Crippen molar-refractivity contribution in [3.63, 3.8) is 0 Å². The summed E-state index contributed by atoms with van der Waals surface area (Å²) in [6.07, 6.45) is 0. The van der Waals surface area contributed by atoms with Crippen molar-refractivity contribution in [3.05, 3.63) is 34.9 Å². The zero-order valence-electron chi connectivity index (χ0n) is 12.9. The third-order valence-electron chi connectivity index (χ3n) is 2.87. The van der Waals surface area contributed by atoms with Crippen LogP contribution in [0.2, 0.25) is 5.02 Å². The van der Waals surface area contributed by atoms with Crippen LogP contribution in [0.3, 0.4) is 0 Å². The molecular formula is C14H17ClFN5OS. The van der Waals surface area contributed by atoms with Crippen molar-refractivity contribution < 1.29 is 9.18 Å². The molecule has 0 saturated heterocycles. The Kier molecular flexibility index (Phi) is 5.16. The fourth-order valence-electron chi connectivity index (χ4n) is 1.79. The second-order valence-corrected chi connectivity index (χ2v) is 7.24. The van der Waals surface area contributed by atoms with E-state index in [9.17, 15) is 9.18 Å². The van der Waals surface area contributed by atoms with Crippen LogP contribution < -0.4 is 11.2 Å². The number of nitrogens with one attached hydrogen (secondary N) is 1. The van der Waals surface area contributed by atoms with Crippen molar-refractivity contribution >= 4 is 35.0 Å². The molecule has 1 aromatic carbocycles. The molecule has 0 aliphatic heterocycles. The molecule has 23 heavy (non-hydrogen) atoms. The zero-order valence-corrected chi connectivity index (χ0v) is 14.5. The number of nitrogen functional groups attached to an aromatic ring is 1. The molecule has 0 unspecified atom stereocenters. The smallest absolute Gasteiger partial charge is 0.234 e. The Hall–Kier alpha value is -1.80. The molecule has 124 valence electrons. The van der Waals surface area contributed by atoms with Gasteiger partial charge in [0.15, 0.2) is 5.82 Å². The highest BCUT2D eigenvalue weighted by atomic mass is 35.5. The summed E-state index contributed by atoms with van der Waals surface area (Å²) in [6.45, 7) is 5.92. The summed E-state index contributed by atoms with van der Waals surface area (Å²) in [7, 11) is 0. The van der Waals surface area contributed by atoms with Gasteiger partial charge in [-0.3, -0.25) is 4.79 Å². The maximum atomic E-state index is 13.1. The molecule has 0 radical (unpaired) electrons. The lowest BCUT2D eigenvalue weighted by Crippen LogP contribution is -2.24. The summed E-state index contributed by atoms with van der Waals surface area (Å²) < 4.78 is 14.4. The van der Waals surface area contributed by atoms with E-state index in [1.807, 2.05) is 20.8 Å². The van der Waals surface area contributed by atoms with Gasteiger partial charge in [0.2, 0.25) is 11.1 Å². The molecule has 0 spiro atoms. The molecule has 0 bridgehead atoms. The van der Waals surface area contributed by atoms with Gasteiger partial charge < -0.3 is 11.2 Å². The topological polar surface area (TPSA) is 85.8 Å². The van der Waals surface area contributed by atoms with Crippen molar-refractivity contribution in [2.24, 2.45) is 0 Å². The fraction of sp³-hybridized carbons (Fsp3) is 0.357. The summed E-state index contributed by atoms with van der Waals surface area (Å²) in [5.74, 6) is 5.85. The van der Waals surface area contributed by atoms with Crippen molar-refractivity contribution in [2.45, 2.75) is 31.3 Å². The number of thioether (sulfide) groups is 1. The summed E-state index contributed by atoms with van der Waals surface area (Å²) >= 11 is 6.83. The highest BCUT2D eigenvalue weighted by Gasteiger charge is 2.23. The lowest BCUT2D eigenvalue weighted by molar-refractivity contribution is -0.113. The van der Waals surface area contributed by atoms with E-state index < -0.39 is 5.82 Å². The predicted molar refractivity (Wildman–Crippen MR) is 89.6 cm³/mol. The van der Waals surface area contributed by atoms with Crippen LogP contribution in [0.25, 0.3) is 0 Å². The number of halogens is 2. The minimum Gasteiger partial charge on any atom is -0.336 e. The minimum atomic E-state index is -0.537. The number of carbonyl (C=O) groups excluding carboxylic acids is 1. The third-order valence-corrected chi connectivity index (χ3v) is 4.10. The van der Waals surface area contributed by atoms with Crippen LogP contribution >= 0.6 is 23.4 Å². The van der Waals surface area contributed by atoms with Gasteiger partial charge in [0, 0.05) is 11.1 Å². The summed E-state index contributed by atoms with van der Waals surface area (Å²) in [5.41, 5.74) is 0.180. The van der Waals surface area contributed by atoms with E-state index in [1.165, 1.54) is 22.9 Å². The molecule has 2 rings (SSSR count). The number of nitrogens with two attached hydrogens (primary N) is 1. The van der Waals surface area contributed by atoms with E-state index in [-0.39, 0.29) is 22.1 Å². The van der Waals surface area contributed by atoms with Gasteiger partial charge in [0.05, 0.1) is 10.8 Å². The maximum absolute atomic E-state index is 13.1. The summed E-state index contributed by atoms with van der Waals surface area (Å²) in [6, 6.07) is 3.98. The lowest BCUT2D eigenvalue weighted by atomic mass is 9.96. The average Bonchev–Trinajstić information content (AvgIpc) is 2.82. The zero-order chi connectivity index (χ0) is 17.2. The average molecular weight is 358 g/mol. The van der Waals surface area contributed by atoms with Gasteiger partial charge in [0.25, 0.3) is 0 Å². The fourth-order valence-corrected chi connectivity index (χ4v) is 2.62. The molecule has 0 fully saturated rings. The highest BCUT2D eigenvalue weighted by molar-refractivity contribution is 7.99. The van der Waals surface area contributed by atoms with Crippen LogP contribution in [0.4, 0.5) is 10.1 Å². The highest BCUT2D eigenvalue weighted by Crippen LogP contribution is 2.24. The Balaban J connectivity index is 1.97. The predicted octanol–water partition coefficient (Wildman–Crippen LogP) is 2.81. The Bertz CT molecular complexity index is 728.